The Morgan fingerprint density at radius 3 is 3.17 bits per heavy atom. The summed E-state index contributed by atoms with van der Waals surface area (Å²) in [7, 11) is 0. The normalized spacial score (nSPS) is 12.3. The predicted octanol–water partition coefficient (Wildman–Crippen LogP) is 1.44. The zero-order valence-electron chi connectivity index (χ0n) is 9.92. The lowest BCUT2D eigenvalue weighted by atomic mass is 10.3. The molecule has 2 heterocycles. The van der Waals surface area contributed by atoms with Gasteiger partial charge in [0, 0.05) is 17.0 Å². The number of carbonyl (C=O) groups excluding carboxylic acids is 1. The summed E-state index contributed by atoms with van der Waals surface area (Å²) in [6, 6.07) is 1.60. The fourth-order valence-electron chi connectivity index (χ4n) is 1.44. The average molecular weight is 266 g/mol. The van der Waals surface area contributed by atoms with Crippen LogP contribution in [0.4, 0.5) is 0 Å². The number of aliphatic hydroxyl groups excluding tert-OH is 1. The minimum absolute atomic E-state index is 0.0664. The molecule has 1 amide bonds. The molecule has 0 aliphatic heterocycles. The molecule has 2 aromatic heterocycles. The van der Waals surface area contributed by atoms with Gasteiger partial charge >= 0.3 is 0 Å². The Hall–Kier alpha value is -1.66. The van der Waals surface area contributed by atoms with Crippen LogP contribution in [-0.2, 0) is 11.2 Å². The van der Waals surface area contributed by atoms with Crippen molar-refractivity contribution in [3.8, 4) is 10.6 Å². The van der Waals surface area contributed by atoms with Crippen LogP contribution < -0.4 is 5.32 Å². The van der Waals surface area contributed by atoms with Gasteiger partial charge in [-0.25, -0.2) is 4.98 Å². The standard InChI is InChI=1S/C12H14N2O3S/c1-8(5-15)13-11(16)4-10-7-18-12(14-10)9-2-3-17-6-9/h2-3,6-8,15H,4-5H2,1H3,(H,13,16). The lowest BCUT2D eigenvalue weighted by molar-refractivity contribution is -0.121. The van der Waals surface area contributed by atoms with Crippen LogP contribution >= 0.6 is 11.3 Å². The highest BCUT2D eigenvalue weighted by atomic mass is 32.1. The Bertz CT molecular complexity index is 507. The van der Waals surface area contributed by atoms with Gasteiger partial charge < -0.3 is 14.8 Å². The van der Waals surface area contributed by atoms with Gasteiger partial charge in [0.25, 0.3) is 0 Å². The summed E-state index contributed by atoms with van der Waals surface area (Å²) < 4.78 is 4.99. The SMILES string of the molecule is CC(CO)NC(=O)Cc1csc(-c2ccoc2)n1. The van der Waals surface area contributed by atoms with Crippen LogP contribution in [-0.4, -0.2) is 28.6 Å². The maximum absolute atomic E-state index is 11.6. The average Bonchev–Trinajstić information content (AvgIpc) is 2.98. The van der Waals surface area contributed by atoms with Gasteiger partial charge in [0.05, 0.1) is 25.0 Å². The van der Waals surface area contributed by atoms with Crippen LogP contribution in [0, 0.1) is 0 Å². The number of aromatic nitrogens is 1. The highest BCUT2D eigenvalue weighted by Gasteiger charge is 2.11. The molecular weight excluding hydrogens is 252 g/mol. The summed E-state index contributed by atoms with van der Waals surface area (Å²) in [6.45, 7) is 1.68. The van der Waals surface area contributed by atoms with Gasteiger partial charge in [0.1, 0.15) is 11.3 Å². The van der Waals surface area contributed by atoms with E-state index in [9.17, 15) is 4.79 Å². The lowest BCUT2D eigenvalue weighted by Gasteiger charge is -2.09. The monoisotopic (exact) mass is 266 g/mol. The molecule has 5 nitrogen and oxygen atoms in total. The number of hydrogen-bond acceptors (Lipinski definition) is 5. The van der Waals surface area contributed by atoms with Crippen LogP contribution in [0.25, 0.3) is 10.6 Å². The van der Waals surface area contributed by atoms with E-state index in [1.807, 2.05) is 11.4 Å². The topological polar surface area (TPSA) is 75.4 Å². The number of hydrogen-bond donors (Lipinski definition) is 2. The van der Waals surface area contributed by atoms with E-state index >= 15 is 0 Å². The molecule has 0 radical (unpaired) electrons. The molecule has 0 saturated heterocycles. The third-order valence-electron chi connectivity index (χ3n) is 2.34. The van der Waals surface area contributed by atoms with Crippen LogP contribution in [0.3, 0.4) is 0 Å². The molecule has 0 spiro atoms. The largest absolute Gasteiger partial charge is 0.472 e. The fourth-order valence-corrected chi connectivity index (χ4v) is 2.25. The van der Waals surface area contributed by atoms with Crippen molar-refractivity contribution in [1.29, 1.82) is 0 Å². The third kappa shape index (κ3) is 3.18. The molecule has 1 unspecified atom stereocenters. The van der Waals surface area contributed by atoms with Gasteiger partial charge in [-0.1, -0.05) is 0 Å². The number of nitrogens with one attached hydrogen (secondary N) is 1. The van der Waals surface area contributed by atoms with E-state index in [4.69, 9.17) is 9.52 Å². The summed E-state index contributed by atoms with van der Waals surface area (Å²) >= 11 is 1.47. The minimum atomic E-state index is -0.232. The first-order chi connectivity index (χ1) is 8.69. The third-order valence-corrected chi connectivity index (χ3v) is 3.28. The maximum atomic E-state index is 11.6. The summed E-state index contributed by atoms with van der Waals surface area (Å²) in [5.41, 5.74) is 1.63. The van der Waals surface area contributed by atoms with Gasteiger partial charge in [-0.05, 0) is 13.0 Å². The van der Waals surface area contributed by atoms with E-state index in [1.165, 1.54) is 11.3 Å². The minimum Gasteiger partial charge on any atom is -0.472 e. The van der Waals surface area contributed by atoms with Gasteiger partial charge in [-0.2, -0.15) is 0 Å². The van der Waals surface area contributed by atoms with E-state index in [1.54, 1.807) is 19.5 Å². The number of carbonyl (C=O) groups is 1. The van der Waals surface area contributed by atoms with Crippen LogP contribution in [0.2, 0.25) is 0 Å². The quantitative estimate of drug-likeness (QED) is 0.858. The molecule has 0 aliphatic carbocycles. The van der Waals surface area contributed by atoms with Crippen molar-refractivity contribution in [1.82, 2.24) is 10.3 Å². The van der Waals surface area contributed by atoms with Crippen LogP contribution in [0.5, 0.6) is 0 Å². The highest BCUT2D eigenvalue weighted by molar-refractivity contribution is 7.13. The van der Waals surface area contributed by atoms with Gasteiger partial charge in [0.2, 0.25) is 5.91 Å². The summed E-state index contributed by atoms with van der Waals surface area (Å²) in [5.74, 6) is -0.138. The Kier molecular flexibility index (Phi) is 4.11. The molecule has 1 atom stereocenters. The molecule has 18 heavy (non-hydrogen) atoms. The number of amides is 1. The van der Waals surface area contributed by atoms with E-state index in [2.05, 4.69) is 10.3 Å². The Morgan fingerprint density at radius 2 is 2.50 bits per heavy atom. The van der Waals surface area contributed by atoms with Crippen molar-refractivity contribution >= 4 is 17.2 Å². The van der Waals surface area contributed by atoms with Gasteiger partial charge in [-0.15, -0.1) is 11.3 Å². The summed E-state index contributed by atoms with van der Waals surface area (Å²) in [4.78, 5) is 16.0. The van der Waals surface area contributed by atoms with Crippen molar-refractivity contribution in [2.24, 2.45) is 0 Å². The number of nitrogens with zero attached hydrogens (tertiary/aromatic N) is 1. The van der Waals surface area contributed by atoms with Gasteiger partial charge in [0.15, 0.2) is 0 Å². The fraction of sp³-hybridized carbons (Fsp3) is 0.333. The maximum Gasteiger partial charge on any atom is 0.226 e. The van der Waals surface area contributed by atoms with Crippen molar-refractivity contribution < 1.29 is 14.3 Å². The lowest BCUT2D eigenvalue weighted by Crippen LogP contribution is -2.36. The summed E-state index contributed by atoms with van der Waals surface area (Å²) in [6.07, 6.45) is 3.43. The Morgan fingerprint density at radius 1 is 1.67 bits per heavy atom. The first kappa shape index (κ1) is 12.8. The van der Waals surface area contributed by atoms with Crippen molar-refractivity contribution in [2.45, 2.75) is 19.4 Å². The molecular formula is C12H14N2O3S. The van der Waals surface area contributed by atoms with Crippen molar-refractivity contribution in [3.63, 3.8) is 0 Å². The number of furan rings is 1. The predicted molar refractivity (Wildman–Crippen MR) is 68.2 cm³/mol. The molecule has 2 rings (SSSR count). The molecule has 0 aromatic carbocycles. The zero-order chi connectivity index (χ0) is 13.0. The first-order valence-electron chi connectivity index (χ1n) is 5.56. The Balaban J connectivity index is 1.97. The van der Waals surface area contributed by atoms with E-state index in [0.717, 1.165) is 16.3 Å². The van der Waals surface area contributed by atoms with Crippen LogP contribution in [0.15, 0.2) is 28.4 Å². The van der Waals surface area contributed by atoms with E-state index < -0.39 is 0 Å². The molecule has 2 N–H and O–H groups in total. The van der Waals surface area contributed by atoms with Crippen molar-refractivity contribution in [2.75, 3.05) is 6.61 Å². The smallest absolute Gasteiger partial charge is 0.226 e. The molecule has 0 bridgehead atoms. The number of rotatable bonds is 5. The highest BCUT2D eigenvalue weighted by Crippen LogP contribution is 2.23. The number of thiazole rings is 1. The number of aliphatic hydroxyl groups is 1. The summed E-state index contributed by atoms with van der Waals surface area (Å²) in [5, 5.41) is 14.2. The molecule has 0 fully saturated rings. The van der Waals surface area contributed by atoms with Gasteiger partial charge in [-0.3, -0.25) is 4.79 Å². The zero-order valence-corrected chi connectivity index (χ0v) is 10.7. The molecule has 96 valence electrons. The first-order valence-corrected chi connectivity index (χ1v) is 6.44. The molecule has 0 saturated carbocycles. The van der Waals surface area contributed by atoms with E-state index in [-0.39, 0.29) is 25.0 Å². The van der Waals surface area contributed by atoms with Crippen molar-refractivity contribution in [3.05, 3.63) is 29.7 Å². The molecule has 2 aromatic rings. The van der Waals surface area contributed by atoms with Crippen LogP contribution in [0.1, 0.15) is 12.6 Å². The second-order valence-corrected chi connectivity index (χ2v) is 4.84. The molecule has 6 heteroatoms. The Labute approximate surface area is 108 Å². The molecule has 0 aliphatic rings. The second-order valence-electron chi connectivity index (χ2n) is 3.98. The van der Waals surface area contributed by atoms with E-state index in [0.29, 0.717) is 0 Å². The second kappa shape index (κ2) is 5.79.